The van der Waals surface area contributed by atoms with Crippen molar-refractivity contribution in [2.45, 2.75) is 52.7 Å². The van der Waals surface area contributed by atoms with E-state index in [4.69, 9.17) is 9.26 Å². The minimum atomic E-state index is -0.581. The molecule has 10 nitrogen and oxygen atoms in total. The fourth-order valence-corrected chi connectivity index (χ4v) is 4.01. The average Bonchev–Trinajstić information content (AvgIpc) is 3.40. The second kappa shape index (κ2) is 8.78. The SMILES string of the molecule is Cc1ccc2ncc(C(=O)Nc3cc(-c4noc([C@@H]5CCN5C(=O)OC(C)(C)C)n4)ccc3C)n2c1. The van der Waals surface area contributed by atoms with Crippen LogP contribution in [0.5, 0.6) is 0 Å². The Labute approximate surface area is 208 Å². The zero-order chi connectivity index (χ0) is 25.6. The van der Waals surface area contributed by atoms with E-state index in [1.165, 1.54) is 0 Å². The van der Waals surface area contributed by atoms with Crippen molar-refractivity contribution in [2.75, 3.05) is 11.9 Å². The molecule has 10 heteroatoms. The fraction of sp³-hybridized carbons (Fsp3) is 0.346. The molecule has 0 bridgehead atoms. The molecule has 0 aliphatic carbocycles. The largest absolute Gasteiger partial charge is 0.444 e. The first-order valence-corrected chi connectivity index (χ1v) is 11.8. The van der Waals surface area contributed by atoms with Crippen LogP contribution in [0.3, 0.4) is 0 Å². The van der Waals surface area contributed by atoms with E-state index in [0.717, 1.165) is 17.5 Å². The minimum absolute atomic E-state index is 0.273. The van der Waals surface area contributed by atoms with Gasteiger partial charge in [0.15, 0.2) is 0 Å². The Morgan fingerprint density at radius 1 is 1.17 bits per heavy atom. The Balaban J connectivity index is 1.35. The molecule has 1 aliphatic rings. The van der Waals surface area contributed by atoms with Crippen LogP contribution in [0.15, 0.2) is 47.2 Å². The van der Waals surface area contributed by atoms with Gasteiger partial charge in [-0.15, -0.1) is 0 Å². The van der Waals surface area contributed by atoms with Crippen molar-refractivity contribution in [1.82, 2.24) is 24.4 Å². The van der Waals surface area contributed by atoms with Crippen molar-refractivity contribution in [3.05, 3.63) is 65.4 Å². The number of hydrogen-bond acceptors (Lipinski definition) is 7. The lowest BCUT2D eigenvalue weighted by Gasteiger charge is -2.39. The molecule has 1 fully saturated rings. The number of aromatic nitrogens is 4. The number of pyridine rings is 1. The second-order valence-corrected chi connectivity index (χ2v) is 10.00. The molecule has 1 atom stereocenters. The molecular weight excluding hydrogens is 460 g/mol. The summed E-state index contributed by atoms with van der Waals surface area (Å²) in [7, 11) is 0. The quantitative estimate of drug-likeness (QED) is 0.433. The number of hydrogen-bond donors (Lipinski definition) is 1. The number of imidazole rings is 1. The molecule has 1 N–H and O–H groups in total. The highest BCUT2D eigenvalue weighted by atomic mass is 16.6. The van der Waals surface area contributed by atoms with E-state index in [1.807, 2.05) is 71.1 Å². The smallest absolute Gasteiger partial charge is 0.410 e. The third-order valence-corrected chi connectivity index (χ3v) is 6.00. The molecule has 5 rings (SSSR count). The molecule has 4 heterocycles. The zero-order valence-electron chi connectivity index (χ0n) is 20.9. The molecule has 0 saturated carbocycles. The first kappa shape index (κ1) is 23.5. The van der Waals surface area contributed by atoms with Gasteiger partial charge in [0.1, 0.15) is 23.0 Å². The number of rotatable bonds is 4. The molecule has 3 aromatic heterocycles. The maximum Gasteiger partial charge on any atom is 0.410 e. The van der Waals surface area contributed by atoms with E-state index < -0.39 is 11.7 Å². The van der Waals surface area contributed by atoms with Crippen molar-refractivity contribution in [3.8, 4) is 11.4 Å². The van der Waals surface area contributed by atoms with Crippen LogP contribution in [-0.4, -0.2) is 48.6 Å². The van der Waals surface area contributed by atoms with Gasteiger partial charge in [-0.1, -0.05) is 23.4 Å². The third-order valence-electron chi connectivity index (χ3n) is 6.00. The summed E-state index contributed by atoms with van der Waals surface area (Å²) in [6.45, 7) is 9.93. The van der Waals surface area contributed by atoms with E-state index in [1.54, 1.807) is 15.5 Å². The lowest BCUT2D eigenvalue weighted by Crippen LogP contribution is -2.47. The average molecular weight is 489 g/mol. The van der Waals surface area contributed by atoms with Gasteiger partial charge in [-0.2, -0.15) is 4.98 Å². The van der Waals surface area contributed by atoms with Gasteiger partial charge in [0.25, 0.3) is 5.91 Å². The van der Waals surface area contributed by atoms with Gasteiger partial charge in [0.05, 0.1) is 6.20 Å². The number of likely N-dealkylation sites (tertiary alicyclic amines) is 1. The summed E-state index contributed by atoms with van der Waals surface area (Å²) in [5, 5.41) is 7.09. The van der Waals surface area contributed by atoms with Gasteiger partial charge in [-0.3, -0.25) is 14.1 Å². The molecule has 0 radical (unpaired) electrons. The van der Waals surface area contributed by atoms with Crippen LogP contribution < -0.4 is 5.32 Å². The molecule has 1 aromatic carbocycles. The van der Waals surface area contributed by atoms with Gasteiger partial charge in [0.2, 0.25) is 11.7 Å². The summed E-state index contributed by atoms with van der Waals surface area (Å²) in [6, 6.07) is 9.07. The Kier molecular flexibility index (Phi) is 5.74. The number of carbonyl (C=O) groups excluding carboxylic acids is 2. The highest BCUT2D eigenvalue weighted by Gasteiger charge is 2.39. The van der Waals surface area contributed by atoms with Crippen LogP contribution in [0.2, 0.25) is 0 Å². The molecule has 2 amide bonds. The van der Waals surface area contributed by atoms with Crippen molar-refractivity contribution < 1.29 is 18.8 Å². The number of benzene rings is 1. The predicted molar refractivity (Wildman–Crippen MR) is 133 cm³/mol. The monoisotopic (exact) mass is 488 g/mol. The van der Waals surface area contributed by atoms with Gasteiger partial charge in [-0.05, 0) is 64.3 Å². The molecule has 4 aromatic rings. The van der Waals surface area contributed by atoms with Crippen LogP contribution in [0.1, 0.15) is 60.7 Å². The zero-order valence-corrected chi connectivity index (χ0v) is 20.9. The minimum Gasteiger partial charge on any atom is -0.444 e. The Bertz CT molecular complexity index is 1460. The maximum absolute atomic E-state index is 13.1. The lowest BCUT2D eigenvalue weighted by molar-refractivity contribution is -0.0119. The van der Waals surface area contributed by atoms with E-state index in [-0.39, 0.29) is 11.9 Å². The predicted octanol–water partition coefficient (Wildman–Crippen LogP) is 4.94. The number of fused-ring (bicyclic) bond motifs is 1. The van der Waals surface area contributed by atoms with E-state index >= 15 is 0 Å². The topological polar surface area (TPSA) is 115 Å². The molecule has 36 heavy (non-hydrogen) atoms. The van der Waals surface area contributed by atoms with Gasteiger partial charge in [0, 0.05) is 24.0 Å². The summed E-state index contributed by atoms with van der Waals surface area (Å²) < 4.78 is 12.7. The van der Waals surface area contributed by atoms with Crippen LogP contribution in [-0.2, 0) is 4.74 Å². The van der Waals surface area contributed by atoms with E-state index in [9.17, 15) is 9.59 Å². The molecule has 186 valence electrons. The number of anilines is 1. The van der Waals surface area contributed by atoms with Gasteiger partial charge < -0.3 is 14.6 Å². The first-order valence-electron chi connectivity index (χ1n) is 11.8. The molecule has 0 spiro atoms. The standard InChI is InChI=1S/C26H28N6O4/c1-15-6-9-21-27-13-20(32(21)14-15)23(33)28-18-12-17(8-7-16(18)2)22-29-24(36-30-22)19-10-11-31(19)25(34)35-26(3,4)5/h6-9,12-14,19H,10-11H2,1-5H3,(H,28,33)/t19-/m0/s1. The number of carbonyl (C=O) groups is 2. The molecular formula is C26H28N6O4. The maximum atomic E-state index is 13.1. The Hall–Kier alpha value is -4.21. The summed E-state index contributed by atoms with van der Waals surface area (Å²) in [5.74, 6) is 0.459. The summed E-state index contributed by atoms with van der Waals surface area (Å²) in [4.78, 5) is 35.9. The number of aryl methyl sites for hydroxylation is 2. The third kappa shape index (κ3) is 4.53. The summed E-state index contributed by atoms with van der Waals surface area (Å²) in [5.41, 5.74) is 3.78. The Morgan fingerprint density at radius 3 is 2.69 bits per heavy atom. The highest BCUT2D eigenvalue weighted by Crippen LogP contribution is 2.35. The van der Waals surface area contributed by atoms with Crippen molar-refractivity contribution >= 4 is 23.3 Å². The number of amides is 2. The first-order chi connectivity index (χ1) is 17.1. The van der Waals surface area contributed by atoms with Crippen LogP contribution in [0, 0.1) is 13.8 Å². The number of nitrogens with one attached hydrogen (secondary N) is 1. The summed E-state index contributed by atoms with van der Waals surface area (Å²) >= 11 is 0. The Morgan fingerprint density at radius 2 is 1.97 bits per heavy atom. The van der Waals surface area contributed by atoms with Gasteiger partial charge in [-0.25, -0.2) is 9.78 Å². The van der Waals surface area contributed by atoms with Crippen molar-refractivity contribution in [1.29, 1.82) is 0 Å². The van der Waals surface area contributed by atoms with E-state index in [2.05, 4.69) is 20.4 Å². The molecule has 0 unspecified atom stereocenters. The molecule has 1 aliphatic heterocycles. The normalized spacial score (nSPS) is 15.6. The van der Waals surface area contributed by atoms with Crippen molar-refractivity contribution in [2.24, 2.45) is 0 Å². The second-order valence-electron chi connectivity index (χ2n) is 10.00. The summed E-state index contributed by atoms with van der Waals surface area (Å²) in [6.07, 6.45) is 3.75. The lowest BCUT2D eigenvalue weighted by atomic mass is 10.0. The van der Waals surface area contributed by atoms with Crippen molar-refractivity contribution in [3.63, 3.8) is 0 Å². The molecule has 1 saturated heterocycles. The highest BCUT2D eigenvalue weighted by molar-refractivity contribution is 6.04. The van der Waals surface area contributed by atoms with E-state index in [0.29, 0.717) is 40.9 Å². The van der Waals surface area contributed by atoms with Crippen LogP contribution in [0.4, 0.5) is 10.5 Å². The number of ether oxygens (including phenoxy) is 1. The number of nitrogens with zero attached hydrogens (tertiary/aromatic N) is 5. The fourth-order valence-electron chi connectivity index (χ4n) is 4.01. The van der Waals surface area contributed by atoms with Crippen LogP contribution in [0.25, 0.3) is 17.0 Å². The van der Waals surface area contributed by atoms with Crippen LogP contribution >= 0.6 is 0 Å². The van der Waals surface area contributed by atoms with Gasteiger partial charge >= 0.3 is 6.09 Å².